The second kappa shape index (κ2) is 6.02. The minimum Gasteiger partial charge on any atom is -0.388 e. The third-order valence-corrected chi connectivity index (χ3v) is 3.69. The van der Waals surface area contributed by atoms with Crippen molar-refractivity contribution in [1.29, 1.82) is 0 Å². The Morgan fingerprint density at radius 2 is 1.86 bits per heavy atom. The lowest BCUT2D eigenvalue weighted by Crippen LogP contribution is -2.00. The summed E-state index contributed by atoms with van der Waals surface area (Å²) in [5.41, 5.74) is 4.12. The number of pyridine rings is 2. The number of aliphatic hydroxyl groups excluding tert-OH is 1. The zero-order chi connectivity index (χ0) is 14.7. The smallest absolute Gasteiger partial charge is 0.0793 e. The average molecular weight is 278 g/mol. The highest BCUT2D eigenvalue weighted by molar-refractivity contribution is 5.79. The lowest BCUT2D eigenvalue weighted by molar-refractivity contribution is 0.168. The highest BCUT2D eigenvalue weighted by Gasteiger charge is 2.09. The summed E-state index contributed by atoms with van der Waals surface area (Å²) >= 11 is 0. The van der Waals surface area contributed by atoms with Crippen molar-refractivity contribution < 1.29 is 5.11 Å². The highest BCUT2D eigenvalue weighted by atomic mass is 16.3. The Labute approximate surface area is 124 Å². The molecule has 0 spiro atoms. The number of hydrogen-bond donors (Lipinski definition) is 1. The molecule has 1 N–H and O–H groups in total. The van der Waals surface area contributed by atoms with E-state index >= 15 is 0 Å². The number of fused-ring (bicyclic) bond motifs is 1. The minimum atomic E-state index is -0.455. The summed E-state index contributed by atoms with van der Waals surface area (Å²) in [6.07, 6.45) is 4.66. The maximum Gasteiger partial charge on any atom is 0.0793 e. The Kier molecular flexibility index (Phi) is 3.93. The largest absolute Gasteiger partial charge is 0.388 e. The molecule has 1 aromatic carbocycles. The van der Waals surface area contributed by atoms with Gasteiger partial charge in [0.25, 0.3) is 0 Å². The summed E-state index contributed by atoms with van der Waals surface area (Å²) in [6.45, 7) is 1.98. The van der Waals surface area contributed by atoms with Crippen molar-refractivity contribution in [2.75, 3.05) is 0 Å². The maximum atomic E-state index is 10.4. The molecular weight excluding hydrogens is 260 g/mol. The van der Waals surface area contributed by atoms with Gasteiger partial charge >= 0.3 is 0 Å². The predicted octanol–water partition coefficient (Wildman–Crippen LogP) is 3.60. The standard InChI is InChI=1S/C18H18N2O/c1-13-2-4-15-12-16(5-6-17(15)20-13)18(21)7-3-14-8-10-19-11-9-14/h2,4-6,8-12,18,21H,3,7H2,1H3. The van der Waals surface area contributed by atoms with E-state index < -0.39 is 6.10 Å². The number of aromatic nitrogens is 2. The molecule has 1 atom stereocenters. The number of benzene rings is 1. The molecule has 0 aliphatic carbocycles. The van der Waals surface area contributed by atoms with E-state index in [0.29, 0.717) is 6.42 Å². The van der Waals surface area contributed by atoms with Gasteiger partial charge in [0.1, 0.15) is 0 Å². The Morgan fingerprint density at radius 3 is 2.67 bits per heavy atom. The number of rotatable bonds is 4. The maximum absolute atomic E-state index is 10.4. The molecule has 0 radical (unpaired) electrons. The second-order valence-electron chi connectivity index (χ2n) is 5.31. The molecule has 0 fully saturated rings. The van der Waals surface area contributed by atoms with E-state index in [1.165, 1.54) is 5.56 Å². The molecule has 0 saturated carbocycles. The molecule has 3 rings (SSSR count). The minimum absolute atomic E-state index is 0.455. The second-order valence-corrected chi connectivity index (χ2v) is 5.31. The van der Waals surface area contributed by atoms with Gasteiger partial charge < -0.3 is 5.11 Å². The molecule has 2 heterocycles. The average Bonchev–Trinajstić information content (AvgIpc) is 2.53. The van der Waals surface area contributed by atoms with E-state index in [-0.39, 0.29) is 0 Å². The van der Waals surface area contributed by atoms with Crippen molar-refractivity contribution >= 4 is 10.9 Å². The third-order valence-electron chi connectivity index (χ3n) is 3.69. The van der Waals surface area contributed by atoms with Crippen molar-refractivity contribution in [3.63, 3.8) is 0 Å². The molecule has 0 aliphatic rings. The van der Waals surface area contributed by atoms with Crippen LogP contribution in [0, 0.1) is 6.92 Å². The van der Waals surface area contributed by atoms with Gasteiger partial charge in [-0.05, 0) is 61.2 Å². The normalized spacial score (nSPS) is 12.5. The van der Waals surface area contributed by atoms with Gasteiger partial charge in [0.05, 0.1) is 11.6 Å². The first-order valence-electron chi connectivity index (χ1n) is 7.17. The summed E-state index contributed by atoms with van der Waals surface area (Å²) in [6, 6.07) is 14.0. The van der Waals surface area contributed by atoms with Crippen LogP contribution < -0.4 is 0 Å². The number of nitrogens with zero attached hydrogens (tertiary/aromatic N) is 2. The van der Waals surface area contributed by atoms with Crippen LogP contribution in [0.5, 0.6) is 0 Å². The van der Waals surface area contributed by atoms with Crippen LogP contribution in [0.1, 0.15) is 29.3 Å². The number of aryl methyl sites for hydroxylation is 2. The first kappa shape index (κ1) is 13.7. The molecular formula is C18H18N2O. The van der Waals surface area contributed by atoms with Crippen molar-refractivity contribution in [1.82, 2.24) is 9.97 Å². The topological polar surface area (TPSA) is 46.0 Å². The first-order chi connectivity index (χ1) is 10.2. The van der Waals surface area contributed by atoms with Crippen LogP contribution in [-0.4, -0.2) is 15.1 Å². The van der Waals surface area contributed by atoms with Crippen molar-refractivity contribution in [3.8, 4) is 0 Å². The fourth-order valence-electron chi connectivity index (χ4n) is 2.47. The van der Waals surface area contributed by atoms with E-state index in [1.54, 1.807) is 12.4 Å². The van der Waals surface area contributed by atoms with Crippen LogP contribution in [0.4, 0.5) is 0 Å². The van der Waals surface area contributed by atoms with E-state index in [9.17, 15) is 5.11 Å². The molecule has 1 unspecified atom stereocenters. The molecule has 0 amide bonds. The Hall–Kier alpha value is -2.26. The van der Waals surface area contributed by atoms with Gasteiger partial charge in [-0.2, -0.15) is 0 Å². The SMILES string of the molecule is Cc1ccc2cc(C(O)CCc3ccncc3)ccc2n1. The molecule has 0 saturated heterocycles. The highest BCUT2D eigenvalue weighted by Crippen LogP contribution is 2.23. The lowest BCUT2D eigenvalue weighted by Gasteiger charge is -2.12. The third kappa shape index (κ3) is 3.26. The summed E-state index contributed by atoms with van der Waals surface area (Å²) in [7, 11) is 0. The molecule has 2 aromatic heterocycles. The Balaban J connectivity index is 1.75. The van der Waals surface area contributed by atoms with Gasteiger partial charge in [0.15, 0.2) is 0 Å². The molecule has 3 heteroatoms. The Morgan fingerprint density at radius 1 is 1.05 bits per heavy atom. The Bertz CT molecular complexity index is 741. The zero-order valence-electron chi connectivity index (χ0n) is 12.0. The van der Waals surface area contributed by atoms with E-state index in [0.717, 1.165) is 28.6 Å². The fourth-order valence-corrected chi connectivity index (χ4v) is 2.47. The zero-order valence-corrected chi connectivity index (χ0v) is 12.0. The number of hydrogen-bond acceptors (Lipinski definition) is 3. The van der Waals surface area contributed by atoms with Gasteiger partial charge in [-0.1, -0.05) is 12.1 Å². The van der Waals surface area contributed by atoms with Crippen molar-refractivity contribution in [2.45, 2.75) is 25.9 Å². The summed E-state index contributed by atoms with van der Waals surface area (Å²) in [5.74, 6) is 0. The first-order valence-corrected chi connectivity index (χ1v) is 7.17. The van der Waals surface area contributed by atoms with Crippen LogP contribution in [-0.2, 0) is 6.42 Å². The van der Waals surface area contributed by atoms with Gasteiger partial charge in [-0.25, -0.2) is 0 Å². The molecule has 3 aromatic rings. The summed E-state index contributed by atoms with van der Waals surface area (Å²) in [5, 5.41) is 11.4. The molecule has 0 aliphatic heterocycles. The van der Waals surface area contributed by atoms with Crippen LogP contribution >= 0.6 is 0 Å². The van der Waals surface area contributed by atoms with E-state index in [2.05, 4.69) is 16.0 Å². The van der Waals surface area contributed by atoms with Crippen LogP contribution in [0.25, 0.3) is 10.9 Å². The molecule has 21 heavy (non-hydrogen) atoms. The van der Waals surface area contributed by atoms with Crippen LogP contribution in [0.15, 0.2) is 54.9 Å². The van der Waals surface area contributed by atoms with Gasteiger partial charge in [0, 0.05) is 23.5 Å². The van der Waals surface area contributed by atoms with Gasteiger partial charge in [-0.15, -0.1) is 0 Å². The van der Waals surface area contributed by atoms with Crippen LogP contribution in [0.2, 0.25) is 0 Å². The lowest BCUT2D eigenvalue weighted by atomic mass is 10.0. The van der Waals surface area contributed by atoms with Crippen LogP contribution in [0.3, 0.4) is 0 Å². The molecule has 3 nitrogen and oxygen atoms in total. The molecule has 0 bridgehead atoms. The summed E-state index contributed by atoms with van der Waals surface area (Å²) in [4.78, 5) is 8.48. The van der Waals surface area contributed by atoms with Crippen molar-refractivity contribution in [2.24, 2.45) is 0 Å². The number of aliphatic hydroxyl groups is 1. The fraction of sp³-hybridized carbons (Fsp3) is 0.222. The monoisotopic (exact) mass is 278 g/mol. The van der Waals surface area contributed by atoms with Gasteiger partial charge in [-0.3, -0.25) is 9.97 Å². The van der Waals surface area contributed by atoms with Crippen molar-refractivity contribution in [3.05, 3.63) is 71.7 Å². The van der Waals surface area contributed by atoms with Gasteiger partial charge in [0.2, 0.25) is 0 Å². The molecule has 106 valence electrons. The predicted molar refractivity (Wildman–Crippen MR) is 84.0 cm³/mol. The van der Waals surface area contributed by atoms with E-state index in [1.807, 2.05) is 43.3 Å². The summed E-state index contributed by atoms with van der Waals surface area (Å²) < 4.78 is 0. The quantitative estimate of drug-likeness (QED) is 0.793. The van der Waals surface area contributed by atoms with E-state index in [4.69, 9.17) is 0 Å².